The highest BCUT2D eigenvalue weighted by molar-refractivity contribution is 5.86. The molecule has 0 fully saturated rings. The molecule has 132 valence electrons. The molecule has 0 saturated carbocycles. The number of aromatic nitrogens is 2. The van der Waals surface area contributed by atoms with Crippen LogP contribution in [0, 0.1) is 0 Å². The summed E-state index contributed by atoms with van der Waals surface area (Å²) < 4.78 is 10.6. The predicted molar refractivity (Wildman–Crippen MR) is 90.0 cm³/mol. The fraction of sp³-hybridized carbons (Fsp3) is 0.389. The van der Waals surface area contributed by atoms with Gasteiger partial charge in [0.25, 0.3) is 5.91 Å². The van der Waals surface area contributed by atoms with E-state index >= 15 is 0 Å². The summed E-state index contributed by atoms with van der Waals surface area (Å²) in [6, 6.07) is 6.93. The van der Waals surface area contributed by atoms with E-state index in [4.69, 9.17) is 9.47 Å². The molecule has 1 aromatic carbocycles. The average Bonchev–Trinajstić information content (AvgIpc) is 3.12. The third kappa shape index (κ3) is 3.50. The lowest BCUT2D eigenvalue weighted by Gasteiger charge is -2.33. The van der Waals surface area contributed by atoms with Crippen LogP contribution in [0.15, 0.2) is 30.6 Å². The quantitative estimate of drug-likeness (QED) is 0.831. The van der Waals surface area contributed by atoms with E-state index in [2.05, 4.69) is 9.97 Å². The number of aryl methyl sites for hydroxylation is 1. The first-order chi connectivity index (χ1) is 12.1. The van der Waals surface area contributed by atoms with Crippen LogP contribution in [0.2, 0.25) is 0 Å². The van der Waals surface area contributed by atoms with Gasteiger partial charge in [0.15, 0.2) is 6.61 Å². The molecule has 0 radical (unpaired) electrons. The molecule has 3 rings (SSSR count). The Kier molecular flexibility index (Phi) is 5.02. The Morgan fingerprint density at radius 2 is 2.16 bits per heavy atom. The standard InChI is InChI=1S/C18H21N3O4/c1-3-12-6-4-5-7-16(12)25-10-17(22)21-9-14-13(19-11-20-14)8-15(21)18(23)24-2/h4-7,11,15H,3,8-10H2,1-2H3,(H,19,20). The lowest BCUT2D eigenvalue weighted by atomic mass is 10.0. The van der Waals surface area contributed by atoms with Crippen LogP contribution >= 0.6 is 0 Å². The Labute approximate surface area is 146 Å². The second-order valence-corrected chi connectivity index (χ2v) is 5.84. The zero-order chi connectivity index (χ0) is 17.8. The number of amides is 1. The SMILES string of the molecule is CCc1ccccc1OCC(=O)N1Cc2[nH]cnc2CC1C(=O)OC. The summed E-state index contributed by atoms with van der Waals surface area (Å²) in [5.74, 6) is -0.0234. The minimum atomic E-state index is -0.682. The van der Waals surface area contributed by atoms with Crippen LogP contribution in [0.25, 0.3) is 0 Å². The van der Waals surface area contributed by atoms with E-state index in [1.165, 1.54) is 12.0 Å². The van der Waals surface area contributed by atoms with Gasteiger partial charge in [0.2, 0.25) is 0 Å². The second-order valence-electron chi connectivity index (χ2n) is 5.84. The number of nitrogens with one attached hydrogen (secondary N) is 1. The highest BCUT2D eigenvalue weighted by Gasteiger charge is 2.36. The molecule has 1 amide bonds. The van der Waals surface area contributed by atoms with E-state index in [0.717, 1.165) is 23.4 Å². The van der Waals surface area contributed by atoms with Crippen LogP contribution in [-0.4, -0.2) is 46.5 Å². The molecular weight excluding hydrogens is 322 g/mol. The number of benzene rings is 1. The highest BCUT2D eigenvalue weighted by atomic mass is 16.5. The van der Waals surface area contributed by atoms with Crippen LogP contribution < -0.4 is 4.74 Å². The van der Waals surface area contributed by atoms with Gasteiger partial charge < -0.3 is 19.4 Å². The molecule has 1 aliphatic heterocycles. The number of fused-ring (bicyclic) bond motifs is 1. The molecule has 7 nitrogen and oxygen atoms in total. The van der Waals surface area contributed by atoms with Crippen molar-refractivity contribution < 1.29 is 19.1 Å². The summed E-state index contributed by atoms with van der Waals surface area (Å²) >= 11 is 0. The Hall–Kier alpha value is -2.83. The number of hydrogen-bond donors (Lipinski definition) is 1. The molecule has 1 atom stereocenters. The molecule has 1 unspecified atom stereocenters. The van der Waals surface area contributed by atoms with Crippen LogP contribution in [0.3, 0.4) is 0 Å². The van der Waals surface area contributed by atoms with Crippen molar-refractivity contribution in [3.8, 4) is 5.75 Å². The van der Waals surface area contributed by atoms with Crippen LogP contribution in [0.5, 0.6) is 5.75 Å². The molecule has 0 aliphatic carbocycles. The number of esters is 1. The highest BCUT2D eigenvalue weighted by Crippen LogP contribution is 2.23. The van der Waals surface area contributed by atoms with E-state index in [0.29, 0.717) is 12.2 Å². The number of H-pyrrole nitrogens is 1. The molecule has 1 aromatic heterocycles. The summed E-state index contributed by atoms with van der Waals surface area (Å²) in [5, 5.41) is 0. The minimum Gasteiger partial charge on any atom is -0.483 e. The van der Waals surface area contributed by atoms with Crippen LogP contribution in [0.4, 0.5) is 0 Å². The molecule has 0 spiro atoms. The van der Waals surface area contributed by atoms with E-state index in [1.54, 1.807) is 6.33 Å². The maximum absolute atomic E-state index is 12.7. The van der Waals surface area contributed by atoms with Gasteiger partial charge in [-0.2, -0.15) is 0 Å². The van der Waals surface area contributed by atoms with Crippen molar-refractivity contribution in [3.05, 3.63) is 47.5 Å². The molecule has 1 aliphatic rings. The number of carbonyl (C=O) groups excluding carboxylic acids is 2. The Bertz CT molecular complexity index is 771. The Morgan fingerprint density at radius 3 is 2.92 bits per heavy atom. The van der Waals surface area contributed by atoms with Gasteiger partial charge in [-0.15, -0.1) is 0 Å². The fourth-order valence-electron chi connectivity index (χ4n) is 3.00. The van der Waals surface area contributed by atoms with Gasteiger partial charge in [0.05, 0.1) is 31.4 Å². The van der Waals surface area contributed by atoms with Crippen molar-refractivity contribution in [3.63, 3.8) is 0 Å². The number of para-hydroxylation sites is 1. The first kappa shape index (κ1) is 17.0. The molecular formula is C18H21N3O4. The number of imidazole rings is 1. The fourth-order valence-corrected chi connectivity index (χ4v) is 3.00. The molecule has 0 bridgehead atoms. The van der Waals surface area contributed by atoms with Crippen molar-refractivity contribution in [1.82, 2.24) is 14.9 Å². The normalized spacial score (nSPS) is 16.2. The van der Waals surface area contributed by atoms with Gasteiger partial charge in [-0.1, -0.05) is 25.1 Å². The number of rotatable bonds is 5. The summed E-state index contributed by atoms with van der Waals surface area (Å²) in [6.45, 7) is 2.18. The van der Waals surface area contributed by atoms with Crippen molar-refractivity contribution in [2.45, 2.75) is 32.4 Å². The summed E-state index contributed by atoms with van der Waals surface area (Å²) in [7, 11) is 1.32. The summed E-state index contributed by atoms with van der Waals surface area (Å²) in [5.41, 5.74) is 2.66. The van der Waals surface area contributed by atoms with Gasteiger partial charge in [-0.25, -0.2) is 9.78 Å². The maximum atomic E-state index is 12.7. The number of carbonyl (C=O) groups is 2. The predicted octanol–water partition coefficient (Wildman–Crippen LogP) is 1.48. The van der Waals surface area contributed by atoms with Crippen LogP contribution in [-0.2, 0) is 33.7 Å². The molecule has 2 aromatic rings. The monoisotopic (exact) mass is 343 g/mol. The van der Waals surface area contributed by atoms with E-state index < -0.39 is 12.0 Å². The topological polar surface area (TPSA) is 84.5 Å². The Balaban J connectivity index is 1.74. The van der Waals surface area contributed by atoms with Crippen molar-refractivity contribution in [2.75, 3.05) is 13.7 Å². The minimum absolute atomic E-state index is 0.131. The Morgan fingerprint density at radius 1 is 1.36 bits per heavy atom. The average molecular weight is 343 g/mol. The van der Waals surface area contributed by atoms with Gasteiger partial charge in [0, 0.05) is 6.42 Å². The van der Waals surface area contributed by atoms with Crippen LogP contribution in [0.1, 0.15) is 23.9 Å². The van der Waals surface area contributed by atoms with Crippen molar-refractivity contribution >= 4 is 11.9 Å². The van der Waals surface area contributed by atoms with Crippen molar-refractivity contribution in [1.29, 1.82) is 0 Å². The first-order valence-electron chi connectivity index (χ1n) is 8.23. The van der Waals surface area contributed by atoms with E-state index in [9.17, 15) is 9.59 Å². The smallest absolute Gasteiger partial charge is 0.329 e. The van der Waals surface area contributed by atoms with E-state index in [1.807, 2.05) is 31.2 Å². The van der Waals surface area contributed by atoms with Gasteiger partial charge in [-0.05, 0) is 18.1 Å². The maximum Gasteiger partial charge on any atom is 0.329 e. The first-order valence-corrected chi connectivity index (χ1v) is 8.23. The number of ether oxygens (including phenoxy) is 2. The number of aromatic amines is 1. The molecule has 0 saturated heterocycles. The lowest BCUT2D eigenvalue weighted by Crippen LogP contribution is -2.50. The van der Waals surface area contributed by atoms with E-state index in [-0.39, 0.29) is 19.1 Å². The third-order valence-corrected chi connectivity index (χ3v) is 4.40. The number of nitrogens with zero attached hydrogens (tertiary/aromatic N) is 2. The molecule has 2 heterocycles. The summed E-state index contributed by atoms with van der Waals surface area (Å²) in [6.07, 6.45) is 2.72. The van der Waals surface area contributed by atoms with Crippen molar-refractivity contribution in [2.24, 2.45) is 0 Å². The second kappa shape index (κ2) is 7.38. The lowest BCUT2D eigenvalue weighted by molar-refractivity contribution is -0.154. The molecule has 1 N–H and O–H groups in total. The zero-order valence-electron chi connectivity index (χ0n) is 14.3. The number of methoxy groups -OCH3 is 1. The largest absolute Gasteiger partial charge is 0.483 e. The molecule has 7 heteroatoms. The molecule has 25 heavy (non-hydrogen) atoms. The third-order valence-electron chi connectivity index (χ3n) is 4.40. The summed E-state index contributed by atoms with van der Waals surface area (Å²) in [4.78, 5) is 33.5. The van der Waals surface area contributed by atoms with Gasteiger partial charge in [0.1, 0.15) is 11.8 Å². The van der Waals surface area contributed by atoms with Gasteiger partial charge >= 0.3 is 5.97 Å². The number of hydrogen-bond acceptors (Lipinski definition) is 5. The van der Waals surface area contributed by atoms with Gasteiger partial charge in [-0.3, -0.25) is 4.79 Å². The zero-order valence-corrected chi connectivity index (χ0v) is 14.3.